The molecule has 0 fully saturated rings. The molecule has 3 rings (SSSR count). The number of hydrogen-bond acceptors (Lipinski definition) is 1. The second-order valence-corrected chi connectivity index (χ2v) is 6.92. The average Bonchev–Trinajstić information content (AvgIpc) is 2.46. The first-order valence-electron chi connectivity index (χ1n) is 8.46. The molecule has 22 heavy (non-hydrogen) atoms. The minimum Gasteiger partial charge on any atom is -0.366 e. The Balaban J connectivity index is 1.99. The van der Waals surface area contributed by atoms with Crippen molar-refractivity contribution in [3.63, 3.8) is 0 Å². The summed E-state index contributed by atoms with van der Waals surface area (Å²) in [6.07, 6.45) is 6.69. The Bertz CT molecular complexity index is 650. The molecule has 0 spiro atoms. The van der Waals surface area contributed by atoms with E-state index in [9.17, 15) is 0 Å². The molecule has 0 radical (unpaired) electrons. The van der Waals surface area contributed by atoms with Crippen LogP contribution in [-0.4, -0.2) is 10.9 Å². The van der Waals surface area contributed by atoms with Gasteiger partial charge in [-0.25, -0.2) is 0 Å². The lowest BCUT2D eigenvalue weighted by atomic mass is 9.80. The highest BCUT2D eigenvalue weighted by Gasteiger charge is 2.34. The fraction of sp³-hybridized carbons (Fsp3) is 0.429. The van der Waals surface area contributed by atoms with Crippen molar-refractivity contribution >= 4 is 0 Å². The third-order valence-corrected chi connectivity index (χ3v) is 5.07. The molecule has 1 nitrogen and oxygen atoms in total. The molecule has 0 aromatic heterocycles. The standard InChI is InChI=1S/C21H27N/c1-6-7-15(3)20-13-22-17(5)12-18-10-14(2)8-9-19(18)21(22)11-16(20)4/h8-10,13,17,21H,3-4,6-7,11-12H2,1-2,5H3. The molecular formula is C21H27N. The lowest BCUT2D eigenvalue weighted by Crippen LogP contribution is -2.41. The van der Waals surface area contributed by atoms with Gasteiger partial charge < -0.3 is 4.90 Å². The summed E-state index contributed by atoms with van der Waals surface area (Å²) >= 11 is 0. The molecule has 0 N–H and O–H groups in total. The van der Waals surface area contributed by atoms with Gasteiger partial charge in [0, 0.05) is 12.2 Å². The second kappa shape index (κ2) is 5.79. The van der Waals surface area contributed by atoms with E-state index < -0.39 is 0 Å². The van der Waals surface area contributed by atoms with Crippen molar-refractivity contribution in [3.8, 4) is 0 Å². The van der Waals surface area contributed by atoms with Gasteiger partial charge in [-0.15, -0.1) is 0 Å². The van der Waals surface area contributed by atoms with Crippen molar-refractivity contribution in [2.45, 2.75) is 58.5 Å². The molecule has 1 aromatic rings. The van der Waals surface area contributed by atoms with Gasteiger partial charge in [-0.05, 0) is 61.0 Å². The van der Waals surface area contributed by atoms with E-state index in [4.69, 9.17) is 0 Å². The van der Waals surface area contributed by atoms with Crippen LogP contribution in [0.25, 0.3) is 0 Å². The monoisotopic (exact) mass is 293 g/mol. The van der Waals surface area contributed by atoms with Gasteiger partial charge in [0.1, 0.15) is 0 Å². The molecule has 116 valence electrons. The average molecular weight is 293 g/mol. The Labute approximate surface area is 135 Å². The predicted molar refractivity (Wildman–Crippen MR) is 94.8 cm³/mol. The molecule has 1 heteroatoms. The molecule has 0 bridgehead atoms. The van der Waals surface area contributed by atoms with Crippen LogP contribution in [-0.2, 0) is 6.42 Å². The van der Waals surface area contributed by atoms with E-state index in [1.54, 1.807) is 0 Å². The summed E-state index contributed by atoms with van der Waals surface area (Å²) in [5, 5.41) is 0. The fourth-order valence-electron chi connectivity index (χ4n) is 3.92. The van der Waals surface area contributed by atoms with Crippen LogP contribution in [0, 0.1) is 6.92 Å². The normalized spacial score (nSPS) is 23.7. The Morgan fingerprint density at radius 2 is 2.09 bits per heavy atom. The largest absolute Gasteiger partial charge is 0.366 e. The predicted octanol–water partition coefficient (Wildman–Crippen LogP) is 5.48. The van der Waals surface area contributed by atoms with Crippen LogP contribution >= 0.6 is 0 Å². The zero-order valence-corrected chi connectivity index (χ0v) is 14.2. The highest BCUT2D eigenvalue weighted by molar-refractivity contribution is 5.49. The summed E-state index contributed by atoms with van der Waals surface area (Å²) in [5.74, 6) is 0. The van der Waals surface area contributed by atoms with E-state index in [0.29, 0.717) is 12.1 Å². The highest BCUT2D eigenvalue weighted by Crippen LogP contribution is 2.43. The number of nitrogens with zero attached hydrogens (tertiary/aromatic N) is 1. The van der Waals surface area contributed by atoms with Crippen LogP contribution in [0.1, 0.15) is 55.8 Å². The number of allylic oxidation sites excluding steroid dienone is 2. The number of fused-ring (bicyclic) bond motifs is 3. The van der Waals surface area contributed by atoms with E-state index in [1.807, 2.05) is 0 Å². The molecular weight excluding hydrogens is 266 g/mol. The van der Waals surface area contributed by atoms with Crippen molar-refractivity contribution in [1.82, 2.24) is 4.90 Å². The zero-order valence-electron chi connectivity index (χ0n) is 14.2. The van der Waals surface area contributed by atoms with Gasteiger partial charge in [0.2, 0.25) is 0 Å². The molecule has 2 aliphatic heterocycles. The summed E-state index contributed by atoms with van der Waals surface area (Å²) < 4.78 is 0. The minimum absolute atomic E-state index is 0.449. The number of aryl methyl sites for hydroxylation is 1. The van der Waals surface area contributed by atoms with Gasteiger partial charge >= 0.3 is 0 Å². The summed E-state index contributed by atoms with van der Waals surface area (Å²) in [5.41, 5.74) is 8.15. The quantitative estimate of drug-likeness (QED) is 0.713. The topological polar surface area (TPSA) is 3.24 Å². The highest BCUT2D eigenvalue weighted by atomic mass is 15.2. The van der Waals surface area contributed by atoms with Crippen molar-refractivity contribution < 1.29 is 0 Å². The molecule has 1 aromatic carbocycles. The van der Waals surface area contributed by atoms with E-state index in [0.717, 1.165) is 25.7 Å². The fourth-order valence-corrected chi connectivity index (χ4v) is 3.92. The number of benzene rings is 1. The number of rotatable bonds is 3. The van der Waals surface area contributed by atoms with Crippen molar-refractivity contribution in [3.05, 3.63) is 71.0 Å². The summed E-state index contributed by atoms with van der Waals surface area (Å²) in [6.45, 7) is 15.4. The first-order valence-corrected chi connectivity index (χ1v) is 8.46. The molecule has 0 aliphatic carbocycles. The Morgan fingerprint density at radius 3 is 2.82 bits per heavy atom. The summed E-state index contributed by atoms with van der Waals surface area (Å²) in [4.78, 5) is 2.54. The first kappa shape index (κ1) is 15.1. The van der Waals surface area contributed by atoms with E-state index in [2.05, 4.69) is 63.2 Å². The van der Waals surface area contributed by atoms with Crippen LogP contribution in [0.4, 0.5) is 0 Å². The Hall–Kier alpha value is -1.76. The van der Waals surface area contributed by atoms with Gasteiger partial charge in [-0.3, -0.25) is 0 Å². The second-order valence-electron chi connectivity index (χ2n) is 6.92. The maximum absolute atomic E-state index is 4.35. The van der Waals surface area contributed by atoms with Gasteiger partial charge in [0.05, 0.1) is 6.04 Å². The van der Waals surface area contributed by atoms with E-state index in [-0.39, 0.29) is 0 Å². The molecule has 2 aliphatic rings. The summed E-state index contributed by atoms with van der Waals surface area (Å²) in [6, 6.07) is 7.91. The molecule has 2 heterocycles. The molecule has 0 saturated carbocycles. The van der Waals surface area contributed by atoms with E-state index >= 15 is 0 Å². The van der Waals surface area contributed by atoms with Gasteiger partial charge in [-0.2, -0.15) is 0 Å². The third-order valence-electron chi connectivity index (χ3n) is 5.07. The molecule has 2 unspecified atom stereocenters. The first-order chi connectivity index (χ1) is 10.5. The van der Waals surface area contributed by atoms with Crippen LogP contribution in [0.15, 0.2) is 54.3 Å². The molecule has 0 amide bonds. The van der Waals surface area contributed by atoms with Crippen molar-refractivity contribution in [2.75, 3.05) is 0 Å². The van der Waals surface area contributed by atoms with Crippen LogP contribution in [0.5, 0.6) is 0 Å². The van der Waals surface area contributed by atoms with E-state index in [1.165, 1.54) is 33.4 Å². The zero-order chi connectivity index (χ0) is 15.9. The third kappa shape index (κ3) is 2.54. The lowest BCUT2D eigenvalue weighted by molar-refractivity contribution is 0.187. The van der Waals surface area contributed by atoms with Crippen molar-refractivity contribution in [1.29, 1.82) is 0 Å². The molecule has 2 atom stereocenters. The van der Waals surface area contributed by atoms with Crippen molar-refractivity contribution in [2.24, 2.45) is 0 Å². The Kier molecular flexibility index (Phi) is 3.99. The number of hydrogen-bond donors (Lipinski definition) is 0. The Morgan fingerprint density at radius 1 is 1.32 bits per heavy atom. The molecule has 0 saturated heterocycles. The van der Waals surface area contributed by atoms with Crippen LogP contribution in [0.3, 0.4) is 0 Å². The SMILES string of the molecule is C=C(CCC)C1=CN2C(C)Cc3cc(C)ccc3C2CC1=C. The van der Waals surface area contributed by atoms with Gasteiger partial charge in [-0.1, -0.05) is 50.3 Å². The minimum atomic E-state index is 0.449. The van der Waals surface area contributed by atoms with Gasteiger partial charge in [0.25, 0.3) is 0 Å². The maximum atomic E-state index is 4.35. The summed E-state index contributed by atoms with van der Waals surface area (Å²) in [7, 11) is 0. The lowest BCUT2D eigenvalue weighted by Gasteiger charge is -2.45. The van der Waals surface area contributed by atoms with Crippen LogP contribution < -0.4 is 0 Å². The van der Waals surface area contributed by atoms with Gasteiger partial charge in [0.15, 0.2) is 0 Å². The smallest absolute Gasteiger partial charge is 0.0583 e. The van der Waals surface area contributed by atoms with Crippen LogP contribution in [0.2, 0.25) is 0 Å². The maximum Gasteiger partial charge on any atom is 0.0583 e.